The third kappa shape index (κ3) is 4.65. The lowest BCUT2D eigenvalue weighted by molar-refractivity contribution is -0.144. The monoisotopic (exact) mass is 299 g/mol. The van der Waals surface area contributed by atoms with Crippen molar-refractivity contribution in [1.82, 2.24) is 5.32 Å². The van der Waals surface area contributed by atoms with E-state index in [1.165, 1.54) is 26.2 Å². The first-order valence-corrected chi connectivity index (χ1v) is 7.67. The van der Waals surface area contributed by atoms with E-state index in [0.29, 0.717) is 0 Å². The molecule has 0 spiro atoms. The number of amides is 1. The van der Waals surface area contributed by atoms with E-state index in [0.717, 1.165) is 0 Å². The van der Waals surface area contributed by atoms with Crippen molar-refractivity contribution in [3.63, 3.8) is 0 Å². The molecule has 1 amide bonds. The standard InChI is InChI=1S/C13H17NO5S/c1-10(13(16)19-2)14-12(15)8-9-20(17,18)11-6-4-3-5-7-11/h3-7,10H,8-9H2,1-2H3,(H,14,15). The molecular weight excluding hydrogens is 282 g/mol. The molecule has 1 aromatic carbocycles. The van der Waals surface area contributed by atoms with Gasteiger partial charge in [0.2, 0.25) is 5.91 Å². The van der Waals surface area contributed by atoms with Gasteiger partial charge in [-0.25, -0.2) is 13.2 Å². The van der Waals surface area contributed by atoms with Gasteiger partial charge < -0.3 is 10.1 Å². The fraction of sp³-hybridized carbons (Fsp3) is 0.385. The van der Waals surface area contributed by atoms with Gasteiger partial charge in [0.25, 0.3) is 0 Å². The van der Waals surface area contributed by atoms with Crippen LogP contribution in [-0.4, -0.2) is 39.2 Å². The van der Waals surface area contributed by atoms with E-state index in [1.807, 2.05) is 0 Å². The van der Waals surface area contributed by atoms with Crippen LogP contribution < -0.4 is 5.32 Å². The Bertz CT molecular complexity index is 568. The summed E-state index contributed by atoms with van der Waals surface area (Å²) in [6, 6.07) is 7.10. The highest BCUT2D eigenvalue weighted by molar-refractivity contribution is 7.91. The summed E-state index contributed by atoms with van der Waals surface area (Å²) in [6.45, 7) is 1.47. The van der Waals surface area contributed by atoms with Crippen molar-refractivity contribution in [2.45, 2.75) is 24.3 Å². The fourth-order valence-electron chi connectivity index (χ4n) is 1.52. The van der Waals surface area contributed by atoms with Crippen LogP contribution >= 0.6 is 0 Å². The van der Waals surface area contributed by atoms with Crippen LogP contribution in [0.1, 0.15) is 13.3 Å². The summed E-state index contributed by atoms with van der Waals surface area (Å²) in [4.78, 5) is 22.9. The van der Waals surface area contributed by atoms with E-state index in [1.54, 1.807) is 18.2 Å². The number of nitrogens with one attached hydrogen (secondary N) is 1. The molecule has 20 heavy (non-hydrogen) atoms. The van der Waals surface area contributed by atoms with E-state index < -0.39 is 27.8 Å². The fourth-order valence-corrected chi connectivity index (χ4v) is 2.78. The molecule has 6 nitrogen and oxygen atoms in total. The first-order valence-electron chi connectivity index (χ1n) is 6.02. The van der Waals surface area contributed by atoms with E-state index in [2.05, 4.69) is 10.1 Å². The Labute approximate surface area is 118 Å². The minimum absolute atomic E-state index is 0.175. The van der Waals surface area contributed by atoms with E-state index in [-0.39, 0.29) is 17.1 Å². The molecule has 0 fully saturated rings. The molecule has 0 aliphatic carbocycles. The van der Waals surface area contributed by atoms with Crippen molar-refractivity contribution >= 4 is 21.7 Å². The second kappa shape index (κ2) is 7.04. The van der Waals surface area contributed by atoms with Crippen LogP contribution in [0.15, 0.2) is 35.2 Å². The molecule has 1 aromatic rings. The topological polar surface area (TPSA) is 89.5 Å². The van der Waals surface area contributed by atoms with Gasteiger partial charge in [-0.3, -0.25) is 4.79 Å². The number of benzene rings is 1. The molecule has 0 saturated heterocycles. The maximum atomic E-state index is 11.9. The van der Waals surface area contributed by atoms with Gasteiger partial charge in [0.05, 0.1) is 17.8 Å². The highest BCUT2D eigenvalue weighted by atomic mass is 32.2. The first kappa shape index (κ1) is 16.2. The zero-order chi connectivity index (χ0) is 15.2. The van der Waals surface area contributed by atoms with Crippen molar-refractivity contribution in [3.8, 4) is 0 Å². The van der Waals surface area contributed by atoms with E-state index in [4.69, 9.17) is 0 Å². The molecule has 1 rings (SSSR count). The summed E-state index contributed by atoms with van der Waals surface area (Å²) in [6.07, 6.45) is -0.210. The quantitative estimate of drug-likeness (QED) is 0.774. The van der Waals surface area contributed by atoms with Crippen LogP contribution in [0.25, 0.3) is 0 Å². The van der Waals surface area contributed by atoms with Crippen LogP contribution in [-0.2, 0) is 24.2 Å². The Kier molecular flexibility index (Phi) is 5.69. The Morgan fingerprint density at radius 3 is 2.40 bits per heavy atom. The number of carbonyl (C=O) groups excluding carboxylic acids is 2. The van der Waals surface area contributed by atoms with Crippen molar-refractivity contribution in [3.05, 3.63) is 30.3 Å². The third-order valence-electron chi connectivity index (χ3n) is 2.63. The molecule has 1 unspecified atom stereocenters. The molecule has 1 atom stereocenters. The second-order valence-electron chi connectivity index (χ2n) is 4.19. The molecule has 0 aliphatic rings. The molecule has 0 bridgehead atoms. The Morgan fingerprint density at radius 2 is 1.85 bits per heavy atom. The lowest BCUT2D eigenvalue weighted by atomic mass is 10.3. The minimum Gasteiger partial charge on any atom is -0.467 e. The molecule has 0 saturated carbocycles. The Morgan fingerprint density at radius 1 is 1.25 bits per heavy atom. The predicted molar refractivity (Wildman–Crippen MR) is 72.7 cm³/mol. The highest BCUT2D eigenvalue weighted by Crippen LogP contribution is 2.10. The smallest absolute Gasteiger partial charge is 0.328 e. The second-order valence-corrected chi connectivity index (χ2v) is 6.30. The van der Waals surface area contributed by atoms with Crippen molar-refractivity contribution in [2.75, 3.05) is 12.9 Å². The van der Waals surface area contributed by atoms with Crippen molar-refractivity contribution in [1.29, 1.82) is 0 Å². The van der Waals surface area contributed by atoms with E-state index >= 15 is 0 Å². The average molecular weight is 299 g/mol. The van der Waals surface area contributed by atoms with Gasteiger partial charge in [0.15, 0.2) is 9.84 Å². The molecular formula is C13H17NO5S. The Hall–Kier alpha value is -1.89. The maximum absolute atomic E-state index is 11.9. The average Bonchev–Trinajstić information content (AvgIpc) is 2.45. The zero-order valence-corrected chi connectivity index (χ0v) is 12.1. The lowest BCUT2D eigenvalue weighted by Gasteiger charge is -2.11. The lowest BCUT2D eigenvalue weighted by Crippen LogP contribution is -2.39. The third-order valence-corrected chi connectivity index (χ3v) is 4.36. The normalized spacial score (nSPS) is 12.5. The van der Waals surface area contributed by atoms with Gasteiger partial charge >= 0.3 is 5.97 Å². The van der Waals surface area contributed by atoms with E-state index in [9.17, 15) is 18.0 Å². The van der Waals surface area contributed by atoms with Gasteiger partial charge in [-0.05, 0) is 19.1 Å². The molecule has 7 heteroatoms. The zero-order valence-electron chi connectivity index (χ0n) is 11.3. The van der Waals surface area contributed by atoms with Gasteiger partial charge in [0.1, 0.15) is 6.04 Å². The number of carbonyl (C=O) groups is 2. The maximum Gasteiger partial charge on any atom is 0.328 e. The van der Waals surface area contributed by atoms with Gasteiger partial charge in [-0.1, -0.05) is 18.2 Å². The first-order chi connectivity index (χ1) is 9.36. The number of hydrogen-bond acceptors (Lipinski definition) is 5. The minimum atomic E-state index is -3.49. The molecule has 0 heterocycles. The van der Waals surface area contributed by atoms with Crippen LogP contribution in [0.5, 0.6) is 0 Å². The van der Waals surface area contributed by atoms with Crippen LogP contribution in [0.2, 0.25) is 0 Å². The summed E-state index contributed by atoms with van der Waals surface area (Å²) >= 11 is 0. The molecule has 0 aliphatic heterocycles. The molecule has 1 N–H and O–H groups in total. The summed E-state index contributed by atoms with van der Waals surface area (Å²) in [5.41, 5.74) is 0. The van der Waals surface area contributed by atoms with Gasteiger partial charge in [-0.15, -0.1) is 0 Å². The van der Waals surface area contributed by atoms with Gasteiger partial charge in [0, 0.05) is 6.42 Å². The summed E-state index contributed by atoms with van der Waals surface area (Å²) in [7, 11) is -2.28. The van der Waals surface area contributed by atoms with Gasteiger partial charge in [-0.2, -0.15) is 0 Å². The molecule has 0 aromatic heterocycles. The number of sulfone groups is 1. The predicted octanol–water partition coefficient (Wildman–Crippen LogP) is 0.528. The molecule has 110 valence electrons. The van der Waals surface area contributed by atoms with Crippen molar-refractivity contribution < 1.29 is 22.7 Å². The summed E-state index contributed by atoms with van der Waals surface area (Å²) in [5.74, 6) is -1.40. The Balaban J connectivity index is 2.55. The van der Waals surface area contributed by atoms with Crippen LogP contribution in [0.3, 0.4) is 0 Å². The van der Waals surface area contributed by atoms with Crippen molar-refractivity contribution in [2.24, 2.45) is 0 Å². The number of hydrogen-bond donors (Lipinski definition) is 1. The number of esters is 1. The largest absolute Gasteiger partial charge is 0.467 e. The van der Waals surface area contributed by atoms with Crippen LogP contribution in [0.4, 0.5) is 0 Å². The number of ether oxygens (including phenoxy) is 1. The highest BCUT2D eigenvalue weighted by Gasteiger charge is 2.19. The summed E-state index contributed by atoms with van der Waals surface area (Å²) in [5, 5.41) is 2.38. The number of methoxy groups -OCH3 is 1. The SMILES string of the molecule is COC(=O)C(C)NC(=O)CCS(=O)(=O)c1ccccc1. The summed E-state index contributed by atoms with van der Waals surface area (Å²) < 4.78 is 28.3. The van der Waals surface area contributed by atoms with Crippen LogP contribution in [0, 0.1) is 0 Å². The number of rotatable bonds is 6. The molecule has 0 radical (unpaired) electrons.